The van der Waals surface area contributed by atoms with Crippen LogP contribution in [0.3, 0.4) is 0 Å². The van der Waals surface area contributed by atoms with Crippen molar-refractivity contribution in [3.63, 3.8) is 0 Å². The van der Waals surface area contributed by atoms with Gasteiger partial charge in [0.15, 0.2) is 5.76 Å². The van der Waals surface area contributed by atoms with Gasteiger partial charge in [0, 0.05) is 19.6 Å². The highest BCUT2D eigenvalue weighted by atomic mass is 19.1. The summed E-state index contributed by atoms with van der Waals surface area (Å²) in [6.07, 6.45) is 4.65. The highest BCUT2D eigenvalue weighted by Crippen LogP contribution is 2.22. The number of ether oxygens (including phenoxy) is 1. The van der Waals surface area contributed by atoms with Crippen molar-refractivity contribution in [1.82, 2.24) is 14.8 Å². The summed E-state index contributed by atoms with van der Waals surface area (Å²) in [6.45, 7) is 2.16. The molecule has 1 unspecified atom stereocenters. The molecule has 3 heterocycles. The Morgan fingerprint density at radius 3 is 2.80 bits per heavy atom. The Morgan fingerprint density at radius 1 is 1.20 bits per heavy atom. The summed E-state index contributed by atoms with van der Waals surface area (Å²) in [6, 6.07) is 10.2. The summed E-state index contributed by atoms with van der Waals surface area (Å²) >= 11 is 0. The number of aromatic nitrogens is 3. The van der Waals surface area contributed by atoms with Gasteiger partial charge in [0.2, 0.25) is 5.82 Å². The van der Waals surface area contributed by atoms with E-state index < -0.39 is 0 Å². The normalized spacial score (nSPS) is 17.7. The van der Waals surface area contributed by atoms with Crippen LogP contribution < -0.4 is 0 Å². The van der Waals surface area contributed by atoms with Crippen molar-refractivity contribution in [2.24, 2.45) is 5.92 Å². The molecule has 1 atom stereocenters. The molecule has 1 fully saturated rings. The highest BCUT2D eigenvalue weighted by molar-refractivity contribution is 5.45. The predicted molar refractivity (Wildman–Crippen MR) is 90.5 cm³/mol. The van der Waals surface area contributed by atoms with Gasteiger partial charge in [-0.15, -0.1) is 5.10 Å². The maximum absolute atomic E-state index is 13.1. The zero-order valence-electron chi connectivity index (χ0n) is 13.9. The van der Waals surface area contributed by atoms with Gasteiger partial charge in [-0.1, -0.05) is 12.1 Å². The molecule has 1 aliphatic rings. The predicted octanol–water partition coefficient (Wildman–Crippen LogP) is 3.69. The van der Waals surface area contributed by atoms with Gasteiger partial charge in [-0.2, -0.15) is 0 Å². The first-order valence-electron chi connectivity index (χ1n) is 8.58. The molecule has 0 radical (unpaired) electrons. The summed E-state index contributed by atoms with van der Waals surface area (Å²) in [4.78, 5) is 4.69. The molecule has 0 bridgehead atoms. The Kier molecular flexibility index (Phi) is 4.61. The molecule has 25 heavy (non-hydrogen) atoms. The van der Waals surface area contributed by atoms with Crippen LogP contribution in [-0.4, -0.2) is 28.0 Å². The van der Waals surface area contributed by atoms with Crippen molar-refractivity contribution in [2.45, 2.75) is 25.8 Å². The maximum Gasteiger partial charge on any atom is 0.217 e. The maximum atomic E-state index is 13.1. The summed E-state index contributed by atoms with van der Waals surface area (Å²) in [5, 5.41) is 4.61. The van der Waals surface area contributed by atoms with Gasteiger partial charge in [0.1, 0.15) is 11.6 Å². The molecule has 0 saturated carbocycles. The lowest BCUT2D eigenvalue weighted by molar-refractivity contribution is 0.0539. The third kappa shape index (κ3) is 3.79. The van der Waals surface area contributed by atoms with Crippen molar-refractivity contribution in [1.29, 1.82) is 0 Å². The number of hydrogen-bond donors (Lipinski definition) is 0. The van der Waals surface area contributed by atoms with Crippen molar-refractivity contribution >= 4 is 0 Å². The first-order chi connectivity index (χ1) is 12.3. The lowest BCUT2D eigenvalue weighted by atomic mass is 9.98. The van der Waals surface area contributed by atoms with Gasteiger partial charge in [-0.3, -0.25) is 0 Å². The molecule has 0 amide bonds. The molecule has 2 aromatic heterocycles. The Balaban J connectivity index is 1.61. The first kappa shape index (κ1) is 16.0. The number of halogens is 1. The van der Waals surface area contributed by atoms with Crippen LogP contribution in [0.2, 0.25) is 0 Å². The van der Waals surface area contributed by atoms with E-state index in [4.69, 9.17) is 9.15 Å². The molecular weight excluding hydrogens is 321 g/mol. The van der Waals surface area contributed by atoms with Crippen LogP contribution in [0, 0.1) is 11.7 Å². The Hall–Kier alpha value is -2.47. The molecule has 1 saturated heterocycles. The SMILES string of the molecule is Fc1ccc(Cn2nc(-c3ccco3)nc2CC2CCCOC2)cc1. The minimum atomic E-state index is -0.238. The standard InChI is InChI=1S/C19H20FN3O2/c20-16-7-5-14(6-8-16)12-23-18(11-15-3-1-9-24-13-15)21-19(22-23)17-4-2-10-25-17/h2,4-8,10,15H,1,3,9,11-13H2. The summed E-state index contributed by atoms with van der Waals surface area (Å²) in [7, 11) is 0. The summed E-state index contributed by atoms with van der Waals surface area (Å²) in [5.74, 6) is 2.36. The fourth-order valence-electron chi connectivity index (χ4n) is 3.15. The number of benzene rings is 1. The van der Waals surface area contributed by atoms with Crippen LogP contribution in [0.15, 0.2) is 47.1 Å². The average molecular weight is 341 g/mol. The minimum absolute atomic E-state index is 0.238. The molecule has 0 aliphatic carbocycles. The first-order valence-corrected chi connectivity index (χ1v) is 8.58. The molecule has 3 aromatic rings. The van der Waals surface area contributed by atoms with Crippen molar-refractivity contribution in [3.8, 4) is 11.6 Å². The topological polar surface area (TPSA) is 53.1 Å². The zero-order valence-corrected chi connectivity index (χ0v) is 13.9. The van der Waals surface area contributed by atoms with E-state index in [0.29, 0.717) is 24.0 Å². The summed E-state index contributed by atoms with van der Waals surface area (Å²) in [5.41, 5.74) is 0.985. The molecule has 130 valence electrons. The van der Waals surface area contributed by atoms with E-state index in [1.807, 2.05) is 16.8 Å². The fourth-order valence-corrected chi connectivity index (χ4v) is 3.15. The Morgan fingerprint density at radius 2 is 2.08 bits per heavy atom. The smallest absolute Gasteiger partial charge is 0.217 e. The van der Waals surface area contributed by atoms with Crippen LogP contribution >= 0.6 is 0 Å². The number of furan rings is 1. The van der Waals surface area contributed by atoms with Crippen LogP contribution in [0.4, 0.5) is 4.39 Å². The van der Waals surface area contributed by atoms with Crippen LogP contribution in [0.25, 0.3) is 11.6 Å². The van der Waals surface area contributed by atoms with E-state index in [1.54, 1.807) is 18.4 Å². The molecule has 1 aliphatic heterocycles. The van der Waals surface area contributed by atoms with Crippen molar-refractivity contribution < 1.29 is 13.5 Å². The third-order valence-electron chi connectivity index (χ3n) is 4.46. The van der Waals surface area contributed by atoms with E-state index in [9.17, 15) is 4.39 Å². The molecule has 6 heteroatoms. The van der Waals surface area contributed by atoms with Crippen LogP contribution in [0.1, 0.15) is 24.2 Å². The molecule has 0 spiro atoms. The number of nitrogens with zero attached hydrogens (tertiary/aromatic N) is 3. The van der Waals surface area contributed by atoms with Gasteiger partial charge in [0.05, 0.1) is 12.8 Å². The Bertz CT molecular complexity index is 806. The van der Waals surface area contributed by atoms with Gasteiger partial charge < -0.3 is 9.15 Å². The molecule has 5 nitrogen and oxygen atoms in total. The van der Waals surface area contributed by atoms with E-state index in [0.717, 1.165) is 43.9 Å². The van der Waals surface area contributed by atoms with Gasteiger partial charge in [-0.25, -0.2) is 14.1 Å². The summed E-state index contributed by atoms with van der Waals surface area (Å²) < 4.78 is 26.0. The van der Waals surface area contributed by atoms with E-state index in [-0.39, 0.29) is 5.82 Å². The highest BCUT2D eigenvalue weighted by Gasteiger charge is 2.20. The second-order valence-electron chi connectivity index (χ2n) is 6.40. The van der Waals surface area contributed by atoms with E-state index >= 15 is 0 Å². The monoisotopic (exact) mass is 341 g/mol. The van der Waals surface area contributed by atoms with Crippen molar-refractivity contribution in [3.05, 3.63) is 59.9 Å². The van der Waals surface area contributed by atoms with Gasteiger partial charge >= 0.3 is 0 Å². The largest absolute Gasteiger partial charge is 0.461 e. The van der Waals surface area contributed by atoms with E-state index in [2.05, 4.69) is 10.1 Å². The van der Waals surface area contributed by atoms with Gasteiger partial charge in [0.25, 0.3) is 0 Å². The lowest BCUT2D eigenvalue weighted by Crippen LogP contribution is -2.21. The molecule has 0 N–H and O–H groups in total. The lowest BCUT2D eigenvalue weighted by Gasteiger charge is -2.21. The molecule has 1 aromatic carbocycles. The quantitative estimate of drug-likeness (QED) is 0.710. The Labute approximate surface area is 145 Å². The fraction of sp³-hybridized carbons (Fsp3) is 0.368. The second-order valence-corrected chi connectivity index (χ2v) is 6.40. The molecule has 4 rings (SSSR count). The van der Waals surface area contributed by atoms with Crippen LogP contribution in [-0.2, 0) is 17.7 Å². The average Bonchev–Trinajstić information content (AvgIpc) is 3.28. The minimum Gasteiger partial charge on any atom is -0.461 e. The van der Waals surface area contributed by atoms with E-state index in [1.165, 1.54) is 12.1 Å². The number of hydrogen-bond acceptors (Lipinski definition) is 4. The van der Waals surface area contributed by atoms with Crippen LogP contribution in [0.5, 0.6) is 0 Å². The number of rotatable bonds is 5. The zero-order chi connectivity index (χ0) is 17.1. The molecular formula is C19H20FN3O2. The van der Waals surface area contributed by atoms with Gasteiger partial charge in [-0.05, 0) is 48.6 Å². The van der Waals surface area contributed by atoms with Crippen molar-refractivity contribution in [2.75, 3.05) is 13.2 Å². The third-order valence-corrected chi connectivity index (χ3v) is 4.46. The second kappa shape index (κ2) is 7.19.